The van der Waals surface area contributed by atoms with E-state index < -0.39 is 0 Å². The van der Waals surface area contributed by atoms with Crippen molar-refractivity contribution in [1.82, 2.24) is 9.97 Å². The van der Waals surface area contributed by atoms with E-state index in [1.807, 2.05) is 7.05 Å². The molecule has 1 aliphatic rings. The van der Waals surface area contributed by atoms with Gasteiger partial charge in [0, 0.05) is 24.5 Å². The van der Waals surface area contributed by atoms with E-state index in [9.17, 15) is 0 Å². The maximum absolute atomic E-state index is 4.81. The molecule has 0 bridgehead atoms. The van der Waals surface area contributed by atoms with E-state index in [0.29, 0.717) is 6.04 Å². The highest BCUT2D eigenvalue weighted by atomic mass is 32.1. The van der Waals surface area contributed by atoms with E-state index in [1.54, 1.807) is 11.3 Å². The maximum atomic E-state index is 4.81. The summed E-state index contributed by atoms with van der Waals surface area (Å²) >= 11 is 1.76. The molecule has 3 heterocycles. The predicted molar refractivity (Wildman–Crippen MR) is 91.6 cm³/mol. The SMILES string of the molecule is CCC1CCCCCN1c1nc(NC)nc2sc(C)cc12. The van der Waals surface area contributed by atoms with Gasteiger partial charge in [-0.3, -0.25) is 0 Å². The molecule has 1 saturated heterocycles. The van der Waals surface area contributed by atoms with Gasteiger partial charge in [-0.2, -0.15) is 4.98 Å². The van der Waals surface area contributed by atoms with Crippen molar-refractivity contribution in [3.8, 4) is 0 Å². The third kappa shape index (κ3) is 2.84. The normalized spacial score (nSPS) is 19.8. The molecule has 5 heteroatoms. The Labute approximate surface area is 130 Å². The number of nitrogens with zero attached hydrogens (tertiary/aromatic N) is 3. The molecule has 4 nitrogen and oxygen atoms in total. The number of rotatable bonds is 3. The Kier molecular flexibility index (Phi) is 4.29. The molecule has 1 fully saturated rings. The van der Waals surface area contributed by atoms with Crippen molar-refractivity contribution in [3.63, 3.8) is 0 Å². The zero-order valence-corrected chi connectivity index (χ0v) is 14.0. The lowest BCUT2D eigenvalue weighted by molar-refractivity contribution is 0.553. The van der Waals surface area contributed by atoms with Crippen molar-refractivity contribution < 1.29 is 0 Å². The van der Waals surface area contributed by atoms with Crippen LogP contribution in [-0.4, -0.2) is 29.6 Å². The zero-order chi connectivity index (χ0) is 14.8. The molecule has 0 aliphatic carbocycles. The lowest BCUT2D eigenvalue weighted by Gasteiger charge is -2.31. The fourth-order valence-electron chi connectivity index (χ4n) is 3.24. The fourth-order valence-corrected chi connectivity index (χ4v) is 4.11. The highest BCUT2D eigenvalue weighted by Gasteiger charge is 2.24. The molecule has 114 valence electrons. The van der Waals surface area contributed by atoms with E-state index in [-0.39, 0.29) is 0 Å². The lowest BCUT2D eigenvalue weighted by Crippen LogP contribution is -2.35. The van der Waals surface area contributed by atoms with Crippen LogP contribution in [0.1, 0.15) is 43.9 Å². The first-order valence-electron chi connectivity index (χ1n) is 7.95. The topological polar surface area (TPSA) is 41.1 Å². The second kappa shape index (κ2) is 6.18. The van der Waals surface area contributed by atoms with Gasteiger partial charge in [-0.1, -0.05) is 19.8 Å². The molecule has 0 spiro atoms. The van der Waals surface area contributed by atoms with E-state index in [2.05, 4.69) is 35.1 Å². The Hall–Kier alpha value is -1.36. The van der Waals surface area contributed by atoms with E-state index in [1.165, 1.54) is 42.4 Å². The molecule has 2 aromatic rings. The van der Waals surface area contributed by atoms with Gasteiger partial charge in [0.2, 0.25) is 5.95 Å². The van der Waals surface area contributed by atoms with Crippen LogP contribution < -0.4 is 10.2 Å². The van der Waals surface area contributed by atoms with Crippen LogP contribution in [0, 0.1) is 6.92 Å². The number of aromatic nitrogens is 2. The van der Waals surface area contributed by atoms with Gasteiger partial charge in [-0.25, -0.2) is 4.98 Å². The second-order valence-corrected chi connectivity index (χ2v) is 7.04. The van der Waals surface area contributed by atoms with Gasteiger partial charge in [0.25, 0.3) is 0 Å². The minimum absolute atomic E-state index is 0.607. The first-order valence-corrected chi connectivity index (χ1v) is 8.77. The molecule has 0 radical (unpaired) electrons. The van der Waals surface area contributed by atoms with Crippen LogP contribution in [0.3, 0.4) is 0 Å². The number of hydrogen-bond acceptors (Lipinski definition) is 5. The molecule has 0 amide bonds. The monoisotopic (exact) mass is 304 g/mol. The molecule has 2 aromatic heterocycles. The summed E-state index contributed by atoms with van der Waals surface area (Å²) in [4.78, 5) is 14.4. The first-order chi connectivity index (χ1) is 10.2. The molecule has 1 N–H and O–H groups in total. The van der Waals surface area contributed by atoms with Gasteiger partial charge in [0.1, 0.15) is 10.6 Å². The van der Waals surface area contributed by atoms with Crippen molar-refractivity contribution in [1.29, 1.82) is 0 Å². The number of nitrogens with one attached hydrogen (secondary N) is 1. The third-order valence-corrected chi connectivity index (χ3v) is 5.28. The Morgan fingerprint density at radius 3 is 2.95 bits per heavy atom. The molecule has 0 saturated carbocycles. The van der Waals surface area contributed by atoms with E-state index in [0.717, 1.165) is 23.1 Å². The molecular formula is C16H24N4S. The van der Waals surface area contributed by atoms with E-state index >= 15 is 0 Å². The number of fused-ring (bicyclic) bond motifs is 1. The number of hydrogen-bond donors (Lipinski definition) is 1. The molecule has 1 atom stereocenters. The summed E-state index contributed by atoms with van der Waals surface area (Å²) in [6, 6.07) is 2.85. The summed E-state index contributed by atoms with van der Waals surface area (Å²) in [5.41, 5.74) is 0. The van der Waals surface area contributed by atoms with Crippen molar-refractivity contribution in [3.05, 3.63) is 10.9 Å². The predicted octanol–water partition coefficient (Wildman–Crippen LogP) is 4.20. The average molecular weight is 304 g/mol. The Bertz CT molecular complexity index is 622. The number of thiophene rings is 1. The van der Waals surface area contributed by atoms with Gasteiger partial charge in [0.15, 0.2) is 0 Å². The summed E-state index contributed by atoms with van der Waals surface area (Å²) in [6.07, 6.45) is 6.40. The van der Waals surface area contributed by atoms with Crippen LogP contribution in [-0.2, 0) is 0 Å². The number of aryl methyl sites for hydroxylation is 1. The highest BCUT2D eigenvalue weighted by Crippen LogP contribution is 2.34. The molecular weight excluding hydrogens is 280 g/mol. The standard InChI is InChI=1S/C16H24N4S/c1-4-12-8-6-5-7-9-20(12)14-13-10-11(2)21-15(13)19-16(17-3)18-14/h10,12H,4-9H2,1-3H3,(H,17,18,19). The third-order valence-electron chi connectivity index (χ3n) is 4.34. The van der Waals surface area contributed by atoms with Crippen LogP contribution in [0.2, 0.25) is 0 Å². The summed E-state index contributed by atoms with van der Waals surface area (Å²) in [5.74, 6) is 1.86. The van der Waals surface area contributed by atoms with Crippen molar-refractivity contribution in [2.45, 2.75) is 52.0 Å². The van der Waals surface area contributed by atoms with Crippen molar-refractivity contribution in [2.75, 3.05) is 23.8 Å². The Balaban J connectivity index is 2.11. The van der Waals surface area contributed by atoms with Gasteiger partial charge >= 0.3 is 0 Å². The number of anilines is 2. The molecule has 1 unspecified atom stereocenters. The largest absolute Gasteiger partial charge is 0.357 e. The van der Waals surface area contributed by atoms with Crippen molar-refractivity contribution >= 4 is 33.3 Å². The van der Waals surface area contributed by atoms with Crippen LogP contribution >= 0.6 is 11.3 Å². The highest BCUT2D eigenvalue weighted by molar-refractivity contribution is 7.18. The van der Waals surface area contributed by atoms with Crippen LogP contribution in [0.15, 0.2) is 6.07 Å². The maximum Gasteiger partial charge on any atom is 0.225 e. The molecule has 21 heavy (non-hydrogen) atoms. The zero-order valence-electron chi connectivity index (χ0n) is 13.1. The minimum Gasteiger partial charge on any atom is -0.357 e. The molecule has 0 aromatic carbocycles. The smallest absolute Gasteiger partial charge is 0.225 e. The molecule has 3 rings (SSSR count). The van der Waals surface area contributed by atoms with E-state index in [4.69, 9.17) is 4.98 Å². The van der Waals surface area contributed by atoms with Crippen LogP contribution in [0.5, 0.6) is 0 Å². The van der Waals surface area contributed by atoms with Gasteiger partial charge < -0.3 is 10.2 Å². The van der Waals surface area contributed by atoms with Gasteiger partial charge in [0.05, 0.1) is 5.39 Å². The average Bonchev–Trinajstić information content (AvgIpc) is 2.72. The van der Waals surface area contributed by atoms with Crippen LogP contribution in [0.4, 0.5) is 11.8 Å². The summed E-state index contributed by atoms with van der Waals surface area (Å²) < 4.78 is 0. The molecule has 1 aliphatic heterocycles. The quantitative estimate of drug-likeness (QED) is 0.922. The van der Waals surface area contributed by atoms with Crippen molar-refractivity contribution in [2.24, 2.45) is 0 Å². The summed E-state index contributed by atoms with van der Waals surface area (Å²) in [7, 11) is 1.89. The lowest BCUT2D eigenvalue weighted by atomic mass is 10.1. The summed E-state index contributed by atoms with van der Waals surface area (Å²) in [6.45, 7) is 5.55. The van der Waals surface area contributed by atoms with Gasteiger partial charge in [-0.15, -0.1) is 11.3 Å². The van der Waals surface area contributed by atoms with Crippen LogP contribution in [0.25, 0.3) is 10.2 Å². The summed E-state index contributed by atoms with van der Waals surface area (Å²) in [5, 5.41) is 4.33. The Morgan fingerprint density at radius 2 is 2.19 bits per heavy atom. The minimum atomic E-state index is 0.607. The Morgan fingerprint density at radius 1 is 1.33 bits per heavy atom. The first kappa shape index (κ1) is 14.6. The second-order valence-electron chi connectivity index (χ2n) is 5.80. The fraction of sp³-hybridized carbons (Fsp3) is 0.625. The van der Waals surface area contributed by atoms with Gasteiger partial charge in [-0.05, 0) is 32.3 Å².